The minimum Gasteiger partial charge on any atom is -0.390 e. The van der Waals surface area contributed by atoms with E-state index < -0.39 is 57.8 Å². The molecule has 2 unspecified atom stereocenters. The SMILES string of the molecule is C#CCC(NC(=O)[C@H](Cc1ccccc1)CS(=O)(=O)N(C)CCn1ccnc1)C(=O)N[C@@H](CC1CCCCC1)C(O)[C@@H](O)CC(C)C. The van der Waals surface area contributed by atoms with Crippen molar-refractivity contribution in [2.45, 2.75) is 102 Å². The third-order valence-electron chi connectivity index (χ3n) is 8.93. The Labute approximate surface area is 280 Å². The van der Waals surface area contributed by atoms with Crippen molar-refractivity contribution in [1.29, 1.82) is 0 Å². The molecule has 1 aliphatic carbocycles. The number of terminal acetylenes is 1. The summed E-state index contributed by atoms with van der Waals surface area (Å²) in [6.07, 6.45) is 14.5. The molecule has 0 spiro atoms. The molecule has 0 bridgehead atoms. The van der Waals surface area contributed by atoms with E-state index in [0.717, 1.165) is 37.7 Å². The molecular weight excluding hydrogens is 618 g/mol. The van der Waals surface area contributed by atoms with Gasteiger partial charge >= 0.3 is 0 Å². The third kappa shape index (κ3) is 12.7. The summed E-state index contributed by atoms with van der Waals surface area (Å²) in [6.45, 7) is 4.49. The van der Waals surface area contributed by atoms with Crippen LogP contribution in [-0.2, 0) is 32.6 Å². The number of carbonyl (C=O) groups excluding carboxylic acids is 2. The van der Waals surface area contributed by atoms with Crippen LogP contribution in [0.3, 0.4) is 0 Å². The van der Waals surface area contributed by atoms with Gasteiger partial charge in [-0.2, -0.15) is 0 Å². The number of imidazole rings is 1. The molecule has 1 aromatic carbocycles. The first-order valence-electron chi connectivity index (χ1n) is 16.7. The largest absolute Gasteiger partial charge is 0.390 e. The number of aromatic nitrogens is 2. The van der Waals surface area contributed by atoms with E-state index in [0.29, 0.717) is 25.3 Å². The summed E-state index contributed by atoms with van der Waals surface area (Å²) < 4.78 is 29.9. The van der Waals surface area contributed by atoms with Crippen molar-refractivity contribution in [3.8, 4) is 12.3 Å². The molecule has 1 aliphatic rings. The maximum atomic E-state index is 13.8. The van der Waals surface area contributed by atoms with E-state index in [9.17, 15) is 28.2 Å². The highest BCUT2D eigenvalue weighted by Gasteiger charge is 2.35. The van der Waals surface area contributed by atoms with Crippen LogP contribution in [0.4, 0.5) is 0 Å². The highest BCUT2D eigenvalue weighted by atomic mass is 32.2. The zero-order chi connectivity index (χ0) is 34.4. The number of aliphatic hydroxyl groups is 2. The number of carbonyl (C=O) groups is 2. The van der Waals surface area contributed by atoms with Crippen molar-refractivity contribution >= 4 is 21.8 Å². The van der Waals surface area contributed by atoms with Gasteiger partial charge in [-0.3, -0.25) is 9.59 Å². The van der Waals surface area contributed by atoms with E-state index in [4.69, 9.17) is 6.42 Å². The van der Waals surface area contributed by atoms with Gasteiger partial charge in [-0.25, -0.2) is 17.7 Å². The molecule has 12 heteroatoms. The summed E-state index contributed by atoms with van der Waals surface area (Å²) in [7, 11) is -2.40. The van der Waals surface area contributed by atoms with Gasteiger partial charge in [-0.05, 0) is 36.7 Å². The molecule has 1 aromatic heterocycles. The van der Waals surface area contributed by atoms with E-state index in [1.54, 1.807) is 23.3 Å². The van der Waals surface area contributed by atoms with Crippen molar-refractivity contribution in [2.75, 3.05) is 19.3 Å². The quantitative estimate of drug-likeness (QED) is 0.168. The summed E-state index contributed by atoms with van der Waals surface area (Å²) in [5.74, 6) is 0.216. The number of amides is 2. The average molecular weight is 672 g/mol. The Morgan fingerprint density at radius 2 is 1.81 bits per heavy atom. The minimum atomic E-state index is -3.88. The van der Waals surface area contributed by atoms with Crippen molar-refractivity contribution < 1.29 is 28.2 Å². The molecular formula is C35H53N5O6S. The van der Waals surface area contributed by atoms with E-state index >= 15 is 0 Å². The van der Waals surface area contributed by atoms with Crippen LogP contribution < -0.4 is 10.6 Å². The average Bonchev–Trinajstić information content (AvgIpc) is 3.56. The molecule has 4 N–H and O–H groups in total. The number of benzene rings is 1. The second-order valence-electron chi connectivity index (χ2n) is 13.3. The van der Waals surface area contributed by atoms with Crippen LogP contribution in [0.1, 0.15) is 70.8 Å². The fourth-order valence-electron chi connectivity index (χ4n) is 6.18. The number of rotatable bonds is 19. The first-order valence-corrected chi connectivity index (χ1v) is 18.3. The summed E-state index contributed by atoms with van der Waals surface area (Å²) in [4.78, 5) is 31.5. The Hall–Kier alpha value is -3.24. The van der Waals surface area contributed by atoms with Crippen LogP contribution >= 0.6 is 0 Å². The van der Waals surface area contributed by atoms with Gasteiger partial charge in [0.15, 0.2) is 0 Å². The summed E-state index contributed by atoms with van der Waals surface area (Å²) in [5.41, 5.74) is 0.775. The lowest BCUT2D eigenvalue weighted by Crippen LogP contribution is -2.56. The zero-order valence-corrected chi connectivity index (χ0v) is 28.8. The standard InChI is InChI=1S/C35H53N5O6S/c1-5-12-30(35(44)38-31(23-28-15-10-7-11-16-28)33(42)32(41)21-26(2)3)37-34(43)29(22-27-13-8-6-9-14-27)24-47(45,46)39(4)19-20-40-18-17-36-25-40/h1,6,8-9,13-14,17-18,25-26,28-33,41-42H,7,10-12,15-16,19-24H2,2-4H3,(H,37,43)(H,38,44)/t29-,30?,31+,32+,33?/m1/s1. The number of likely N-dealkylation sites (N-methyl/N-ethyl adjacent to an activating group) is 1. The molecule has 1 saturated carbocycles. The van der Waals surface area contributed by atoms with E-state index in [-0.39, 0.29) is 25.3 Å². The molecule has 11 nitrogen and oxygen atoms in total. The number of nitrogens with one attached hydrogen (secondary N) is 2. The molecule has 2 aromatic rings. The molecule has 5 atom stereocenters. The van der Waals surface area contributed by atoms with Gasteiger partial charge in [0, 0.05) is 39.0 Å². The Morgan fingerprint density at radius 3 is 2.43 bits per heavy atom. The van der Waals surface area contributed by atoms with Crippen molar-refractivity contribution in [1.82, 2.24) is 24.5 Å². The summed E-state index contributed by atoms with van der Waals surface area (Å²) >= 11 is 0. The Morgan fingerprint density at radius 1 is 1.11 bits per heavy atom. The third-order valence-corrected chi connectivity index (χ3v) is 10.9. The number of hydrogen-bond acceptors (Lipinski definition) is 7. The van der Waals surface area contributed by atoms with Gasteiger partial charge in [0.1, 0.15) is 12.1 Å². The molecule has 47 heavy (non-hydrogen) atoms. The van der Waals surface area contributed by atoms with E-state index in [1.807, 2.05) is 44.2 Å². The predicted molar refractivity (Wildman–Crippen MR) is 182 cm³/mol. The normalized spacial score (nSPS) is 17.4. The lowest BCUT2D eigenvalue weighted by molar-refractivity contribution is -0.132. The smallest absolute Gasteiger partial charge is 0.243 e. The van der Waals surface area contributed by atoms with Gasteiger partial charge in [0.2, 0.25) is 21.8 Å². The van der Waals surface area contributed by atoms with Crippen molar-refractivity contribution in [3.05, 3.63) is 54.6 Å². The molecule has 0 radical (unpaired) electrons. The van der Waals surface area contributed by atoms with Crippen LogP contribution in [-0.4, -0.2) is 87.9 Å². The zero-order valence-electron chi connectivity index (χ0n) is 28.0. The van der Waals surface area contributed by atoms with Crippen LogP contribution in [0, 0.1) is 30.1 Å². The Kier molecular flexibility index (Phi) is 15.4. The Balaban J connectivity index is 1.77. The van der Waals surface area contributed by atoms with Crippen LogP contribution in [0.25, 0.3) is 0 Å². The van der Waals surface area contributed by atoms with Gasteiger partial charge in [-0.1, -0.05) is 76.3 Å². The maximum absolute atomic E-state index is 13.8. The Bertz CT molecular complexity index is 1370. The molecule has 1 fully saturated rings. The van der Waals surface area contributed by atoms with Crippen LogP contribution in [0.2, 0.25) is 0 Å². The summed E-state index contributed by atoms with van der Waals surface area (Å²) in [5, 5.41) is 27.6. The number of nitrogens with zero attached hydrogens (tertiary/aromatic N) is 3. The van der Waals surface area contributed by atoms with Crippen LogP contribution in [0.15, 0.2) is 49.1 Å². The first kappa shape index (κ1) is 38.2. The number of aliphatic hydroxyl groups excluding tert-OH is 2. The molecule has 2 amide bonds. The van der Waals surface area contributed by atoms with Gasteiger partial charge in [0.05, 0.1) is 30.1 Å². The minimum absolute atomic E-state index is 0.131. The van der Waals surface area contributed by atoms with Crippen molar-refractivity contribution in [2.24, 2.45) is 17.8 Å². The number of hydrogen-bond donors (Lipinski definition) is 4. The highest BCUT2D eigenvalue weighted by Crippen LogP contribution is 2.29. The lowest BCUT2D eigenvalue weighted by atomic mass is 9.82. The van der Waals surface area contributed by atoms with E-state index in [2.05, 4.69) is 21.5 Å². The monoisotopic (exact) mass is 671 g/mol. The predicted octanol–water partition coefficient (Wildman–Crippen LogP) is 2.73. The van der Waals surface area contributed by atoms with Gasteiger partial charge in [0.25, 0.3) is 0 Å². The second kappa shape index (κ2) is 18.9. The van der Waals surface area contributed by atoms with Crippen LogP contribution in [0.5, 0.6) is 0 Å². The molecule has 0 aliphatic heterocycles. The molecule has 3 rings (SSSR count). The molecule has 260 valence electrons. The van der Waals surface area contributed by atoms with E-state index in [1.165, 1.54) is 11.4 Å². The molecule has 1 heterocycles. The summed E-state index contributed by atoms with van der Waals surface area (Å²) in [6, 6.07) is 7.22. The van der Waals surface area contributed by atoms with Gasteiger partial charge in [-0.15, -0.1) is 12.3 Å². The van der Waals surface area contributed by atoms with Crippen molar-refractivity contribution in [3.63, 3.8) is 0 Å². The maximum Gasteiger partial charge on any atom is 0.243 e. The highest BCUT2D eigenvalue weighted by molar-refractivity contribution is 7.89. The van der Waals surface area contributed by atoms with Gasteiger partial charge < -0.3 is 25.4 Å². The topological polar surface area (TPSA) is 154 Å². The lowest BCUT2D eigenvalue weighted by Gasteiger charge is -2.33. The second-order valence-corrected chi connectivity index (χ2v) is 15.4. The fourth-order valence-corrected chi connectivity index (χ4v) is 7.57. The number of sulfonamides is 1. The first-order chi connectivity index (χ1) is 22.4. The fraction of sp³-hybridized carbons (Fsp3) is 0.629. The molecule has 0 saturated heterocycles.